The number of hydrogen-bond donors (Lipinski definition) is 1. The Morgan fingerprint density at radius 1 is 1.28 bits per heavy atom. The number of aryl methyl sites for hydroxylation is 1. The molecule has 1 aliphatic rings. The zero-order valence-electron chi connectivity index (χ0n) is 11.9. The highest BCUT2D eigenvalue weighted by Gasteiger charge is 2.33. The molecule has 0 aliphatic carbocycles. The summed E-state index contributed by atoms with van der Waals surface area (Å²) < 4.78 is 0. The summed E-state index contributed by atoms with van der Waals surface area (Å²) in [6.07, 6.45) is 2.38. The van der Waals surface area contributed by atoms with Crippen LogP contribution in [0.3, 0.4) is 0 Å². The first-order chi connectivity index (χ1) is 8.55. The average Bonchev–Trinajstić information content (AvgIpc) is 2.71. The maximum Gasteiger partial charge on any atom is 0.0470 e. The van der Waals surface area contributed by atoms with Crippen LogP contribution >= 0.6 is 0 Å². The molecule has 0 aromatic heterocycles. The van der Waals surface area contributed by atoms with Crippen LogP contribution < -0.4 is 5.73 Å². The van der Waals surface area contributed by atoms with Gasteiger partial charge in [0.05, 0.1) is 0 Å². The maximum atomic E-state index is 6.00. The lowest BCUT2D eigenvalue weighted by Gasteiger charge is -2.28. The third-order valence-electron chi connectivity index (χ3n) is 4.14. The summed E-state index contributed by atoms with van der Waals surface area (Å²) >= 11 is 0. The minimum Gasteiger partial charge on any atom is -0.329 e. The van der Waals surface area contributed by atoms with E-state index < -0.39 is 0 Å². The summed E-state index contributed by atoms with van der Waals surface area (Å²) in [6, 6.07) is 9.36. The zero-order chi connectivity index (χ0) is 13.2. The van der Waals surface area contributed by atoms with Gasteiger partial charge in [-0.05, 0) is 35.9 Å². The molecule has 1 aromatic rings. The maximum absolute atomic E-state index is 6.00. The molecule has 0 saturated carbocycles. The van der Waals surface area contributed by atoms with Crippen molar-refractivity contribution < 1.29 is 0 Å². The van der Waals surface area contributed by atoms with Crippen LogP contribution in [0.2, 0.25) is 0 Å². The largest absolute Gasteiger partial charge is 0.329 e. The molecule has 1 unspecified atom stereocenters. The van der Waals surface area contributed by atoms with Crippen LogP contribution in [0, 0.1) is 5.41 Å². The van der Waals surface area contributed by atoms with Gasteiger partial charge in [-0.2, -0.15) is 0 Å². The molecule has 2 rings (SSSR count). The first-order valence-electron chi connectivity index (χ1n) is 7.08. The van der Waals surface area contributed by atoms with Gasteiger partial charge in [-0.3, -0.25) is 4.90 Å². The van der Waals surface area contributed by atoms with Gasteiger partial charge < -0.3 is 5.73 Å². The Balaban J connectivity index is 2.13. The van der Waals surface area contributed by atoms with E-state index in [0.29, 0.717) is 18.0 Å². The lowest BCUT2D eigenvalue weighted by atomic mass is 9.93. The molecule has 0 bridgehead atoms. The summed E-state index contributed by atoms with van der Waals surface area (Å²) in [5.74, 6) is 0. The van der Waals surface area contributed by atoms with Crippen molar-refractivity contribution in [2.75, 3.05) is 19.6 Å². The lowest BCUT2D eigenvalue weighted by Crippen LogP contribution is -2.33. The van der Waals surface area contributed by atoms with Crippen molar-refractivity contribution in [1.82, 2.24) is 4.90 Å². The molecule has 1 aliphatic heterocycles. The topological polar surface area (TPSA) is 29.3 Å². The summed E-state index contributed by atoms with van der Waals surface area (Å²) in [7, 11) is 0. The smallest absolute Gasteiger partial charge is 0.0470 e. The van der Waals surface area contributed by atoms with Crippen LogP contribution in [-0.2, 0) is 6.42 Å². The second-order valence-electron chi connectivity index (χ2n) is 6.23. The van der Waals surface area contributed by atoms with Crippen molar-refractivity contribution in [3.8, 4) is 0 Å². The van der Waals surface area contributed by atoms with E-state index in [-0.39, 0.29) is 0 Å². The van der Waals surface area contributed by atoms with E-state index in [9.17, 15) is 0 Å². The van der Waals surface area contributed by atoms with Gasteiger partial charge in [-0.1, -0.05) is 45.0 Å². The van der Waals surface area contributed by atoms with E-state index in [2.05, 4.69) is 49.9 Å². The second-order valence-corrected chi connectivity index (χ2v) is 6.23. The van der Waals surface area contributed by atoms with Crippen molar-refractivity contribution >= 4 is 0 Å². The van der Waals surface area contributed by atoms with E-state index in [1.54, 1.807) is 0 Å². The second kappa shape index (κ2) is 5.41. The zero-order valence-corrected chi connectivity index (χ0v) is 11.9. The van der Waals surface area contributed by atoms with Crippen LogP contribution in [0.5, 0.6) is 0 Å². The van der Waals surface area contributed by atoms with Crippen molar-refractivity contribution in [2.45, 2.75) is 39.7 Å². The monoisotopic (exact) mass is 246 g/mol. The SMILES string of the molecule is CCc1ccc(C(CN)N2CCC(C)(C)C2)cc1. The van der Waals surface area contributed by atoms with Gasteiger partial charge in [-0.25, -0.2) is 0 Å². The molecular weight excluding hydrogens is 220 g/mol. The van der Waals surface area contributed by atoms with Crippen LogP contribution in [0.25, 0.3) is 0 Å². The van der Waals surface area contributed by atoms with E-state index in [1.807, 2.05) is 0 Å². The van der Waals surface area contributed by atoms with Gasteiger partial charge in [0.15, 0.2) is 0 Å². The number of rotatable bonds is 4. The Hall–Kier alpha value is -0.860. The molecule has 18 heavy (non-hydrogen) atoms. The molecule has 1 fully saturated rings. The van der Waals surface area contributed by atoms with Crippen LogP contribution in [0.4, 0.5) is 0 Å². The Morgan fingerprint density at radius 2 is 1.94 bits per heavy atom. The van der Waals surface area contributed by atoms with Gasteiger partial charge in [0, 0.05) is 19.1 Å². The van der Waals surface area contributed by atoms with E-state index >= 15 is 0 Å². The molecule has 1 heterocycles. The average molecular weight is 246 g/mol. The molecular formula is C16H26N2. The quantitative estimate of drug-likeness (QED) is 0.885. The Labute approximate surface area is 111 Å². The van der Waals surface area contributed by atoms with Crippen LogP contribution in [-0.4, -0.2) is 24.5 Å². The van der Waals surface area contributed by atoms with Crippen LogP contribution in [0.15, 0.2) is 24.3 Å². The van der Waals surface area contributed by atoms with Gasteiger partial charge >= 0.3 is 0 Å². The van der Waals surface area contributed by atoms with E-state index in [1.165, 1.54) is 24.1 Å². The highest BCUT2D eigenvalue weighted by Crippen LogP contribution is 2.34. The van der Waals surface area contributed by atoms with E-state index in [0.717, 1.165) is 13.0 Å². The van der Waals surface area contributed by atoms with Gasteiger partial charge in [0.25, 0.3) is 0 Å². The number of benzene rings is 1. The number of likely N-dealkylation sites (tertiary alicyclic amines) is 1. The van der Waals surface area contributed by atoms with Gasteiger partial charge in [0.2, 0.25) is 0 Å². The number of nitrogens with two attached hydrogens (primary N) is 1. The van der Waals surface area contributed by atoms with Crippen molar-refractivity contribution in [3.05, 3.63) is 35.4 Å². The molecule has 0 radical (unpaired) electrons. The van der Waals surface area contributed by atoms with Gasteiger partial charge in [0.1, 0.15) is 0 Å². The molecule has 1 saturated heterocycles. The predicted molar refractivity (Wildman–Crippen MR) is 77.6 cm³/mol. The molecule has 0 amide bonds. The first-order valence-corrected chi connectivity index (χ1v) is 7.08. The highest BCUT2D eigenvalue weighted by atomic mass is 15.2. The molecule has 2 heteroatoms. The normalized spacial score (nSPS) is 21.1. The Morgan fingerprint density at radius 3 is 2.39 bits per heavy atom. The summed E-state index contributed by atoms with van der Waals surface area (Å²) in [6.45, 7) is 9.93. The standard InChI is InChI=1S/C16H26N2/c1-4-13-5-7-14(8-6-13)15(11-17)18-10-9-16(2,3)12-18/h5-8,15H,4,9-12,17H2,1-3H3. The molecule has 2 nitrogen and oxygen atoms in total. The van der Waals surface area contributed by atoms with Crippen molar-refractivity contribution in [3.63, 3.8) is 0 Å². The lowest BCUT2D eigenvalue weighted by molar-refractivity contribution is 0.223. The Bertz CT molecular complexity index is 381. The minimum absolute atomic E-state index is 0.387. The van der Waals surface area contributed by atoms with Gasteiger partial charge in [-0.15, -0.1) is 0 Å². The van der Waals surface area contributed by atoms with Crippen molar-refractivity contribution in [2.24, 2.45) is 11.1 Å². The minimum atomic E-state index is 0.387. The van der Waals surface area contributed by atoms with Crippen molar-refractivity contribution in [1.29, 1.82) is 0 Å². The van der Waals surface area contributed by atoms with Crippen LogP contribution in [0.1, 0.15) is 44.4 Å². The first kappa shape index (κ1) is 13.6. The molecule has 2 N–H and O–H groups in total. The molecule has 100 valence electrons. The third-order valence-corrected chi connectivity index (χ3v) is 4.14. The highest BCUT2D eigenvalue weighted by molar-refractivity contribution is 5.25. The molecule has 1 atom stereocenters. The fourth-order valence-electron chi connectivity index (χ4n) is 2.89. The fourth-order valence-corrected chi connectivity index (χ4v) is 2.89. The number of hydrogen-bond acceptors (Lipinski definition) is 2. The van der Waals surface area contributed by atoms with E-state index in [4.69, 9.17) is 5.73 Å². The molecule has 1 aromatic carbocycles. The summed E-state index contributed by atoms with van der Waals surface area (Å²) in [4.78, 5) is 2.54. The summed E-state index contributed by atoms with van der Waals surface area (Å²) in [5.41, 5.74) is 9.21. The molecule has 0 spiro atoms. The fraction of sp³-hybridized carbons (Fsp3) is 0.625. The predicted octanol–water partition coefficient (Wildman–Crippen LogP) is 2.98. The summed E-state index contributed by atoms with van der Waals surface area (Å²) in [5, 5.41) is 0. The third kappa shape index (κ3) is 2.93. The number of nitrogens with zero attached hydrogens (tertiary/aromatic N) is 1. The Kier molecular flexibility index (Phi) is 4.08.